The minimum atomic E-state index is -3.92. The third kappa shape index (κ3) is 4.99. The highest BCUT2D eigenvalue weighted by Crippen LogP contribution is 2.56. The monoisotopic (exact) mass is 585 g/mol. The summed E-state index contributed by atoms with van der Waals surface area (Å²) < 4.78 is 44.2. The van der Waals surface area contributed by atoms with Crippen LogP contribution in [0.3, 0.4) is 0 Å². The summed E-state index contributed by atoms with van der Waals surface area (Å²) in [7, 11) is -3.92. The molecule has 3 aliphatic rings. The highest BCUT2D eigenvalue weighted by molar-refractivity contribution is 7.99. The Morgan fingerprint density at radius 2 is 1.79 bits per heavy atom. The number of pyridine rings is 1. The summed E-state index contributed by atoms with van der Waals surface area (Å²) in [6.45, 7) is 0.888. The van der Waals surface area contributed by atoms with E-state index in [4.69, 9.17) is 11.6 Å². The van der Waals surface area contributed by atoms with Crippen LogP contribution in [0.4, 0.5) is 4.39 Å². The Morgan fingerprint density at radius 3 is 2.51 bits per heavy atom. The maximum atomic E-state index is 14.2. The van der Waals surface area contributed by atoms with E-state index in [0.29, 0.717) is 31.5 Å². The van der Waals surface area contributed by atoms with E-state index in [1.807, 2.05) is 12.1 Å². The van der Waals surface area contributed by atoms with Gasteiger partial charge in [0.15, 0.2) is 0 Å². The maximum absolute atomic E-state index is 14.2. The summed E-state index contributed by atoms with van der Waals surface area (Å²) in [6, 6.07) is 11.6. The first kappa shape index (κ1) is 26.7. The number of halogens is 2. The molecule has 2 aliphatic heterocycles. The number of carbonyl (C=O) groups excluding carboxylic acids is 1. The summed E-state index contributed by atoms with van der Waals surface area (Å²) >= 11 is 8.11. The van der Waals surface area contributed by atoms with Gasteiger partial charge in [0.25, 0.3) is 5.91 Å². The van der Waals surface area contributed by atoms with E-state index in [9.17, 15) is 17.6 Å². The number of hydrogen-bond donors (Lipinski definition) is 1. The van der Waals surface area contributed by atoms with Gasteiger partial charge < -0.3 is 4.90 Å². The van der Waals surface area contributed by atoms with Crippen LogP contribution in [0.25, 0.3) is 0 Å². The summed E-state index contributed by atoms with van der Waals surface area (Å²) in [5, 5.41) is 0.196. The van der Waals surface area contributed by atoms with E-state index >= 15 is 0 Å². The summed E-state index contributed by atoms with van der Waals surface area (Å²) in [5.41, 5.74) is 2.39. The fourth-order valence-corrected chi connectivity index (χ4v) is 9.54. The van der Waals surface area contributed by atoms with Crippen molar-refractivity contribution in [3.8, 4) is 0 Å². The topological polar surface area (TPSA) is 79.4 Å². The zero-order valence-electron chi connectivity index (χ0n) is 21.3. The van der Waals surface area contributed by atoms with Crippen LogP contribution in [0.1, 0.15) is 66.4 Å². The number of likely N-dealkylation sites (tertiary alicyclic amines) is 1. The number of carbonyl (C=O) groups is 1. The molecule has 1 saturated heterocycles. The number of piperidine rings is 1. The Morgan fingerprint density at radius 1 is 1.05 bits per heavy atom. The molecular weight excluding hydrogens is 557 g/mol. The summed E-state index contributed by atoms with van der Waals surface area (Å²) in [6.07, 6.45) is 9.27. The molecule has 6 nitrogen and oxygen atoms in total. The molecule has 2 aromatic carbocycles. The molecule has 0 unspecified atom stereocenters. The second-order valence-corrected chi connectivity index (χ2v) is 13.8. The van der Waals surface area contributed by atoms with Crippen molar-refractivity contribution in [3.05, 3.63) is 82.4 Å². The number of amides is 1. The molecule has 1 amide bonds. The van der Waals surface area contributed by atoms with Crippen molar-refractivity contribution in [3.63, 3.8) is 0 Å². The van der Waals surface area contributed by atoms with Gasteiger partial charge in [-0.3, -0.25) is 9.78 Å². The van der Waals surface area contributed by atoms with Gasteiger partial charge in [-0.05, 0) is 73.2 Å². The van der Waals surface area contributed by atoms with Gasteiger partial charge in [0.1, 0.15) is 10.7 Å². The van der Waals surface area contributed by atoms with Crippen molar-refractivity contribution in [1.29, 1.82) is 0 Å². The van der Waals surface area contributed by atoms with Crippen LogP contribution < -0.4 is 4.72 Å². The molecule has 204 valence electrons. The van der Waals surface area contributed by atoms with Gasteiger partial charge in [0.2, 0.25) is 10.0 Å². The first-order valence-electron chi connectivity index (χ1n) is 13.3. The number of nitrogens with one attached hydrogen (secondary N) is 1. The predicted octanol–water partition coefficient (Wildman–Crippen LogP) is 6.17. The van der Waals surface area contributed by atoms with Crippen LogP contribution >= 0.6 is 23.4 Å². The molecule has 10 heteroatoms. The summed E-state index contributed by atoms with van der Waals surface area (Å²) in [5.74, 6) is -0.403. The van der Waals surface area contributed by atoms with Gasteiger partial charge >= 0.3 is 0 Å². The van der Waals surface area contributed by atoms with E-state index in [2.05, 4.69) is 9.71 Å². The minimum absolute atomic E-state index is 0.0371. The zero-order chi connectivity index (χ0) is 27.2. The van der Waals surface area contributed by atoms with E-state index in [0.717, 1.165) is 53.0 Å². The summed E-state index contributed by atoms with van der Waals surface area (Å²) in [4.78, 5) is 20.2. The highest BCUT2D eigenvalue weighted by atomic mass is 35.5. The molecule has 0 radical (unpaired) electrons. The average molecular weight is 586 g/mol. The first-order chi connectivity index (χ1) is 18.8. The van der Waals surface area contributed by atoms with Crippen molar-refractivity contribution >= 4 is 39.3 Å². The minimum Gasteiger partial charge on any atom is -0.338 e. The maximum Gasteiger partial charge on any atom is 0.255 e. The lowest BCUT2D eigenvalue weighted by Gasteiger charge is -2.43. The second kappa shape index (κ2) is 10.5. The fourth-order valence-electron chi connectivity index (χ4n) is 6.29. The van der Waals surface area contributed by atoms with Crippen LogP contribution in [0.15, 0.2) is 69.5 Å². The van der Waals surface area contributed by atoms with Gasteiger partial charge in [-0.2, -0.15) is 0 Å². The van der Waals surface area contributed by atoms with Gasteiger partial charge in [-0.1, -0.05) is 48.7 Å². The smallest absolute Gasteiger partial charge is 0.255 e. The van der Waals surface area contributed by atoms with Crippen LogP contribution in [-0.4, -0.2) is 43.3 Å². The number of hydrogen-bond acceptors (Lipinski definition) is 5. The highest BCUT2D eigenvalue weighted by Gasteiger charge is 2.43. The Labute approximate surface area is 237 Å². The quantitative estimate of drug-likeness (QED) is 0.396. The SMILES string of the molecule is O=C(c1cccnc1)N1CCC(NS(=O)(=O)c2cc3c(cc2Cl)C2(CCCCC2)c2ccc(F)cc2S3)CC1. The van der Waals surface area contributed by atoms with Gasteiger partial charge in [0.05, 0.1) is 10.6 Å². The van der Waals surface area contributed by atoms with Gasteiger partial charge in [-0.25, -0.2) is 17.5 Å². The van der Waals surface area contributed by atoms with Crippen molar-refractivity contribution in [1.82, 2.24) is 14.6 Å². The molecule has 1 saturated carbocycles. The standard InChI is InChI=1S/C29H29ClFN3O3S2/c30-24-16-23-26(38-25-15-20(31)6-7-22(25)29(23)10-2-1-3-11-29)17-27(24)39(36,37)33-21-8-13-34(14-9-21)28(35)19-5-4-12-32-18-19/h4-7,12,15-18,21,33H,1-3,8-11,13-14H2. The van der Waals surface area contributed by atoms with Gasteiger partial charge in [-0.15, -0.1) is 0 Å². The number of aromatic nitrogens is 1. The molecule has 39 heavy (non-hydrogen) atoms. The lowest BCUT2D eigenvalue weighted by atomic mass is 9.65. The zero-order valence-corrected chi connectivity index (χ0v) is 23.7. The molecular formula is C29H29ClFN3O3S2. The molecule has 3 aromatic rings. The molecule has 3 heterocycles. The lowest BCUT2D eigenvalue weighted by molar-refractivity contribution is 0.0711. The largest absolute Gasteiger partial charge is 0.338 e. The van der Waals surface area contributed by atoms with Crippen LogP contribution in [0.5, 0.6) is 0 Å². The number of benzene rings is 2. The Bertz CT molecular complexity index is 1520. The van der Waals surface area contributed by atoms with Crippen molar-refractivity contribution in [2.45, 2.75) is 71.1 Å². The Balaban J connectivity index is 1.24. The molecule has 6 rings (SSSR count). The number of sulfonamides is 1. The average Bonchev–Trinajstić information content (AvgIpc) is 2.94. The normalized spacial score (nSPS) is 19.0. The molecule has 1 spiro atoms. The number of fused-ring (bicyclic) bond motifs is 4. The van der Waals surface area contributed by atoms with E-state index in [1.165, 1.54) is 24.0 Å². The molecule has 1 N–H and O–H groups in total. The number of rotatable bonds is 4. The lowest BCUT2D eigenvalue weighted by Crippen LogP contribution is -2.46. The first-order valence-corrected chi connectivity index (χ1v) is 16.0. The molecule has 0 bridgehead atoms. The Kier molecular flexibility index (Phi) is 7.20. The third-order valence-electron chi connectivity index (χ3n) is 8.24. The fraction of sp³-hybridized carbons (Fsp3) is 0.379. The van der Waals surface area contributed by atoms with Crippen molar-refractivity contribution in [2.24, 2.45) is 0 Å². The van der Waals surface area contributed by atoms with E-state index in [-0.39, 0.29) is 33.1 Å². The molecule has 1 aromatic heterocycles. The van der Waals surface area contributed by atoms with Crippen LogP contribution in [0, 0.1) is 5.82 Å². The molecule has 2 fully saturated rings. The molecule has 1 aliphatic carbocycles. The predicted molar refractivity (Wildman–Crippen MR) is 149 cm³/mol. The van der Waals surface area contributed by atoms with Gasteiger partial charge in [0, 0.05) is 46.7 Å². The van der Waals surface area contributed by atoms with Crippen molar-refractivity contribution < 1.29 is 17.6 Å². The van der Waals surface area contributed by atoms with Crippen LogP contribution in [-0.2, 0) is 15.4 Å². The Hall–Kier alpha value is -2.46. The number of nitrogens with zero attached hydrogens (tertiary/aromatic N) is 2. The van der Waals surface area contributed by atoms with Crippen LogP contribution in [0.2, 0.25) is 5.02 Å². The van der Waals surface area contributed by atoms with E-state index < -0.39 is 10.0 Å². The molecule has 0 atom stereocenters. The third-order valence-corrected chi connectivity index (χ3v) is 11.3. The second-order valence-electron chi connectivity index (χ2n) is 10.6. The van der Waals surface area contributed by atoms with Crippen molar-refractivity contribution in [2.75, 3.05) is 13.1 Å². The van der Waals surface area contributed by atoms with E-state index in [1.54, 1.807) is 35.4 Å².